The molecular formula is C24H29N7O2. The van der Waals surface area contributed by atoms with Crippen LogP contribution in [0.1, 0.15) is 44.1 Å². The molecule has 0 aliphatic carbocycles. The number of aromatic nitrogens is 4. The van der Waals surface area contributed by atoms with Crippen molar-refractivity contribution in [2.24, 2.45) is 0 Å². The van der Waals surface area contributed by atoms with Crippen LogP contribution in [0.4, 0.5) is 10.6 Å². The third kappa shape index (κ3) is 3.88. The van der Waals surface area contributed by atoms with Crippen molar-refractivity contribution in [1.82, 2.24) is 30.0 Å². The third-order valence-corrected chi connectivity index (χ3v) is 6.75. The molecule has 2 atom stereocenters. The molecule has 0 radical (unpaired) electrons. The zero-order valence-electron chi connectivity index (χ0n) is 19.0. The molecule has 5 heterocycles. The number of nitrogens with two attached hydrogens (primary N) is 1. The fourth-order valence-electron chi connectivity index (χ4n) is 4.91. The van der Waals surface area contributed by atoms with Crippen molar-refractivity contribution in [1.29, 1.82) is 0 Å². The summed E-state index contributed by atoms with van der Waals surface area (Å²) in [5.74, 6) is 0.874. The van der Waals surface area contributed by atoms with Crippen molar-refractivity contribution in [3.05, 3.63) is 54.1 Å². The highest BCUT2D eigenvalue weighted by Gasteiger charge is 2.46. The summed E-state index contributed by atoms with van der Waals surface area (Å²) < 4.78 is 8.20. The van der Waals surface area contributed by atoms with Crippen molar-refractivity contribution >= 4 is 11.8 Å². The minimum absolute atomic E-state index is 0.0143. The molecule has 172 valence electrons. The Labute approximate surface area is 193 Å². The monoisotopic (exact) mass is 447 g/mol. The number of anilines is 1. The van der Waals surface area contributed by atoms with E-state index in [0.29, 0.717) is 18.1 Å². The van der Waals surface area contributed by atoms with Crippen molar-refractivity contribution < 1.29 is 9.53 Å². The van der Waals surface area contributed by atoms with Crippen LogP contribution >= 0.6 is 0 Å². The van der Waals surface area contributed by atoms with Gasteiger partial charge in [-0.05, 0) is 56.5 Å². The third-order valence-electron chi connectivity index (χ3n) is 6.75. The van der Waals surface area contributed by atoms with Crippen LogP contribution in [0.3, 0.4) is 0 Å². The van der Waals surface area contributed by atoms with E-state index in [4.69, 9.17) is 15.6 Å². The van der Waals surface area contributed by atoms with Gasteiger partial charge in [-0.25, -0.2) is 9.78 Å². The summed E-state index contributed by atoms with van der Waals surface area (Å²) >= 11 is 0. The first-order chi connectivity index (χ1) is 16.0. The molecule has 0 bridgehead atoms. The van der Waals surface area contributed by atoms with Gasteiger partial charge in [-0.2, -0.15) is 5.10 Å². The second kappa shape index (κ2) is 8.38. The van der Waals surface area contributed by atoms with Crippen LogP contribution in [0.2, 0.25) is 0 Å². The van der Waals surface area contributed by atoms with Gasteiger partial charge in [0.2, 0.25) is 0 Å². The Bertz CT molecular complexity index is 1160. The fourth-order valence-corrected chi connectivity index (χ4v) is 4.91. The van der Waals surface area contributed by atoms with Crippen molar-refractivity contribution in [2.45, 2.75) is 44.8 Å². The van der Waals surface area contributed by atoms with Crippen LogP contribution < -0.4 is 15.8 Å². The molecule has 0 aromatic carbocycles. The van der Waals surface area contributed by atoms with Gasteiger partial charge in [0.1, 0.15) is 6.10 Å². The Kier molecular flexibility index (Phi) is 5.39. The van der Waals surface area contributed by atoms with Crippen LogP contribution in [0.15, 0.2) is 42.9 Å². The predicted molar refractivity (Wildman–Crippen MR) is 125 cm³/mol. The van der Waals surface area contributed by atoms with Gasteiger partial charge in [0.25, 0.3) is 0 Å². The normalized spacial score (nSPS) is 20.1. The van der Waals surface area contributed by atoms with Gasteiger partial charge < -0.3 is 20.7 Å². The second-order valence-electron chi connectivity index (χ2n) is 8.82. The molecule has 3 aromatic heterocycles. The number of hydrogen-bond donors (Lipinski definition) is 2. The van der Waals surface area contributed by atoms with Gasteiger partial charge >= 0.3 is 6.03 Å². The molecule has 2 aliphatic heterocycles. The molecule has 9 heteroatoms. The maximum atomic E-state index is 12.3. The molecule has 1 unspecified atom stereocenters. The van der Waals surface area contributed by atoms with E-state index in [-0.39, 0.29) is 17.6 Å². The minimum Gasteiger partial charge on any atom is -0.482 e. The highest BCUT2D eigenvalue weighted by atomic mass is 16.5. The highest BCUT2D eigenvalue weighted by molar-refractivity contribution is 5.75. The topological polar surface area (TPSA) is 111 Å². The van der Waals surface area contributed by atoms with Gasteiger partial charge in [-0.1, -0.05) is 0 Å². The number of pyridine rings is 2. The van der Waals surface area contributed by atoms with E-state index in [9.17, 15) is 4.79 Å². The average molecular weight is 448 g/mol. The summed E-state index contributed by atoms with van der Waals surface area (Å²) in [5, 5.41) is 7.76. The van der Waals surface area contributed by atoms with E-state index < -0.39 is 0 Å². The summed E-state index contributed by atoms with van der Waals surface area (Å²) in [7, 11) is 0. The number of hydrogen-bond acceptors (Lipinski definition) is 6. The van der Waals surface area contributed by atoms with E-state index in [1.807, 2.05) is 36.9 Å². The van der Waals surface area contributed by atoms with Crippen LogP contribution in [0.25, 0.3) is 11.3 Å². The maximum Gasteiger partial charge on any atom is 0.317 e. The smallest absolute Gasteiger partial charge is 0.317 e. The molecule has 3 aromatic rings. The molecule has 9 nitrogen and oxygen atoms in total. The van der Waals surface area contributed by atoms with Crippen LogP contribution in [-0.4, -0.2) is 50.3 Å². The number of fused-ring (bicyclic) bond motifs is 2. The summed E-state index contributed by atoms with van der Waals surface area (Å²) in [4.78, 5) is 22.7. The molecule has 1 saturated heterocycles. The lowest BCUT2D eigenvalue weighted by Gasteiger charge is -2.23. The second-order valence-corrected chi connectivity index (χ2v) is 8.82. The SMILES string of the molecule is CCNC(=O)N1CCC2(CCn3nc(-c4cnc(N)c(O[C@@H](C)c5ccncc5)c4)cc32)C1. The minimum atomic E-state index is -0.193. The number of carbonyl (C=O) groups is 1. The summed E-state index contributed by atoms with van der Waals surface area (Å²) in [6.07, 6.45) is 6.98. The Morgan fingerprint density at radius 1 is 1.27 bits per heavy atom. The Hall–Kier alpha value is -3.62. The number of nitrogens with zero attached hydrogens (tertiary/aromatic N) is 5. The van der Waals surface area contributed by atoms with Gasteiger partial charge in [-0.15, -0.1) is 0 Å². The summed E-state index contributed by atoms with van der Waals surface area (Å²) in [6.45, 7) is 6.89. The van der Waals surface area contributed by atoms with Gasteiger partial charge in [0, 0.05) is 61.4 Å². The molecule has 1 fully saturated rings. The number of urea groups is 1. The molecule has 2 amide bonds. The van der Waals surface area contributed by atoms with Gasteiger partial charge in [0.15, 0.2) is 11.6 Å². The van der Waals surface area contributed by atoms with E-state index in [0.717, 1.165) is 49.3 Å². The lowest BCUT2D eigenvalue weighted by atomic mass is 9.82. The molecular weight excluding hydrogens is 418 g/mol. The maximum absolute atomic E-state index is 12.3. The van der Waals surface area contributed by atoms with Crippen LogP contribution in [0.5, 0.6) is 5.75 Å². The summed E-state index contributed by atoms with van der Waals surface area (Å²) in [5.41, 5.74) is 9.98. The number of aryl methyl sites for hydroxylation is 1. The Morgan fingerprint density at radius 2 is 2.06 bits per heavy atom. The molecule has 1 spiro atoms. The van der Waals surface area contributed by atoms with Crippen LogP contribution in [0, 0.1) is 0 Å². The van der Waals surface area contributed by atoms with Crippen molar-refractivity contribution in [3.8, 4) is 17.0 Å². The lowest BCUT2D eigenvalue weighted by molar-refractivity contribution is 0.206. The lowest BCUT2D eigenvalue weighted by Crippen LogP contribution is -2.40. The largest absolute Gasteiger partial charge is 0.482 e. The van der Waals surface area contributed by atoms with E-state index in [1.54, 1.807) is 18.6 Å². The first kappa shape index (κ1) is 21.2. The average Bonchev–Trinajstić information content (AvgIpc) is 3.53. The number of carbonyl (C=O) groups excluding carboxylic acids is 1. The van der Waals surface area contributed by atoms with Crippen molar-refractivity contribution in [3.63, 3.8) is 0 Å². The first-order valence-electron chi connectivity index (χ1n) is 11.4. The standard InChI is InChI=1S/C24H29N7O2/c1-3-27-23(32)30-10-6-24(15-30)7-11-31-21(24)13-19(29-31)18-12-20(22(25)28-14-18)33-16(2)17-4-8-26-9-5-17/h4-5,8-9,12-14,16H,3,6-7,10-11,15H2,1-2H3,(H2,25,28)(H,27,32)/t16-,24?/m0/s1. The van der Waals surface area contributed by atoms with Crippen LogP contribution in [-0.2, 0) is 12.0 Å². The van der Waals surface area contributed by atoms with E-state index in [1.165, 1.54) is 5.69 Å². The fraction of sp³-hybridized carbons (Fsp3) is 0.417. The number of nitrogen functional groups attached to an aromatic ring is 1. The zero-order chi connectivity index (χ0) is 23.0. The van der Waals surface area contributed by atoms with E-state index in [2.05, 4.69) is 26.0 Å². The van der Waals surface area contributed by atoms with Gasteiger partial charge in [-0.3, -0.25) is 9.67 Å². The van der Waals surface area contributed by atoms with Crippen molar-refractivity contribution in [2.75, 3.05) is 25.4 Å². The van der Waals surface area contributed by atoms with Gasteiger partial charge in [0.05, 0.1) is 5.69 Å². The first-order valence-corrected chi connectivity index (χ1v) is 11.4. The zero-order valence-corrected chi connectivity index (χ0v) is 19.0. The molecule has 5 rings (SSSR count). The Morgan fingerprint density at radius 3 is 2.85 bits per heavy atom. The number of nitrogens with one attached hydrogen (secondary N) is 1. The Balaban J connectivity index is 1.38. The quantitative estimate of drug-likeness (QED) is 0.622. The molecule has 0 saturated carbocycles. The summed E-state index contributed by atoms with van der Waals surface area (Å²) in [6, 6.07) is 7.89. The van der Waals surface area contributed by atoms with E-state index >= 15 is 0 Å². The number of rotatable bonds is 5. The number of likely N-dealkylation sites (tertiary alicyclic amines) is 1. The molecule has 3 N–H and O–H groups in total. The molecule has 33 heavy (non-hydrogen) atoms. The molecule has 2 aliphatic rings. The highest BCUT2D eigenvalue weighted by Crippen LogP contribution is 2.44. The number of ether oxygens (including phenoxy) is 1. The predicted octanol–water partition coefficient (Wildman–Crippen LogP) is 3.14. The number of amides is 2.